The highest BCUT2D eigenvalue weighted by Crippen LogP contribution is 2.31. The van der Waals surface area contributed by atoms with Crippen LogP contribution in [0.3, 0.4) is 0 Å². The van der Waals surface area contributed by atoms with Gasteiger partial charge in [0.1, 0.15) is 0 Å². The lowest BCUT2D eigenvalue weighted by Crippen LogP contribution is -2.37. The first-order chi connectivity index (χ1) is 46.7. The molecule has 7 nitrogen and oxygen atoms in total. The minimum Gasteiger partial charge on any atom is -0.381 e. The third-order valence-electron chi connectivity index (χ3n) is 19.7. The van der Waals surface area contributed by atoms with Crippen LogP contribution in [-0.2, 0) is 18.9 Å². The highest BCUT2D eigenvalue weighted by Gasteiger charge is 2.22. The maximum absolute atomic E-state index is 5.54. The van der Waals surface area contributed by atoms with Gasteiger partial charge in [-0.2, -0.15) is 0 Å². The Morgan fingerprint density at radius 3 is 0.804 bits per heavy atom. The van der Waals surface area contributed by atoms with E-state index in [9.17, 15) is 0 Å². The summed E-state index contributed by atoms with van der Waals surface area (Å²) < 4.78 is 21.5. The predicted molar refractivity (Wildman–Crippen MR) is 451 cm³/mol. The maximum atomic E-state index is 5.54. The molecular formula is C90H201N3O4. The van der Waals surface area contributed by atoms with Gasteiger partial charge in [0.05, 0.1) is 12.2 Å². The number of hydrogen-bond donors (Lipinski definition) is 3. The van der Waals surface area contributed by atoms with Gasteiger partial charge in [0.25, 0.3) is 0 Å². The van der Waals surface area contributed by atoms with Crippen LogP contribution in [0.2, 0.25) is 0 Å². The molecular weight excluding hydrogens is 1190 g/mol. The summed E-state index contributed by atoms with van der Waals surface area (Å²) in [5.41, 5.74) is 0. The summed E-state index contributed by atoms with van der Waals surface area (Å²) in [5, 5.41) is 10.3. The van der Waals surface area contributed by atoms with E-state index in [1.54, 1.807) is 0 Å². The fraction of sp³-hybridized carbons (Fsp3) is 1.00. The van der Waals surface area contributed by atoms with Crippen molar-refractivity contribution in [3.05, 3.63) is 0 Å². The lowest BCUT2D eigenvalue weighted by Gasteiger charge is -2.26. The number of nitrogens with one attached hydrogen (secondary N) is 3. The lowest BCUT2D eigenvalue weighted by atomic mass is 9.82. The molecule has 7 heterocycles. The Morgan fingerprint density at radius 2 is 0.567 bits per heavy atom. The van der Waals surface area contributed by atoms with Crippen molar-refractivity contribution in [2.75, 3.05) is 72.4 Å². The van der Waals surface area contributed by atoms with Gasteiger partial charge < -0.3 is 34.9 Å². The van der Waals surface area contributed by atoms with Crippen LogP contribution in [0.5, 0.6) is 0 Å². The van der Waals surface area contributed by atoms with E-state index in [-0.39, 0.29) is 0 Å². The van der Waals surface area contributed by atoms with Crippen molar-refractivity contribution in [3.63, 3.8) is 0 Å². The molecule has 600 valence electrons. The van der Waals surface area contributed by atoms with Gasteiger partial charge in [0.15, 0.2) is 0 Å². The second-order valence-corrected chi connectivity index (χ2v) is 29.3. The zero-order valence-electron chi connectivity index (χ0n) is 75.0. The average Bonchev–Trinajstić information content (AvgIpc) is 4.32. The fourth-order valence-electron chi connectivity index (χ4n) is 12.9. The Labute approximate surface area is 620 Å². The second kappa shape index (κ2) is 91.8. The third kappa shape index (κ3) is 75.2. The summed E-state index contributed by atoms with van der Waals surface area (Å²) in [6.45, 7) is 89.5. The molecule has 0 aromatic rings. The Hall–Kier alpha value is -0.280. The Kier molecular flexibility index (Phi) is 109. The summed E-state index contributed by atoms with van der Waals surface area (Å²) in [6, 6.07) is 0.804. The molecule has 0 aromatic carbocycles. The monoisotopic (exact) mass is 1390 g/mol. The molecule has 7 saturated heterocycles. The maximum Gasteiger partial charge on any atom is 0.0598 e. The molecule has 7 heteroatoms. The molecule has 0 amide bonds. The predicted octanol–water partition coefficient (Wildman–Crippen LogP) is 28.5. The van der Waals surface area contributed by atoms with Gasteiger partial charge >= 0.3 is 0 Å². The van der Waals surface area contributed by atoms with Crippen LogP contribution in [0, 0.1) is 88.8 Å². The quantitative estimate of drug-likeness (QED) is 0.212. The number of rotatable bonds is 9. The fourth-order valence-corrected chi connectivity index (χ4v) is 12.9. The smallest absolute Gasteiger partial charge is 0.0598 e. The number of hydrogen-bond acceptors (Lipinski definition) is 7. The zero-order chi connectivity index (χ0) is 76.8. The summed E-state index contributed by atoms with van der Waals surface area (Å²) in [6.07, 6.45) is 36.0. The minimum absolute atomic E-state index is 0.554. The molecule has 5 atom stereocenters. The summed E-state index contributed by atoms with van der Waals surface area (Å²) >= 11 is 0. The van der Waals surface area contributed by atoms with E-state index in [1.165, 1.54) is 193 Å². The van der Waals surface area contributed by atoms with Crippen LogP contribution in [0.25, 0.3) is 0 Å². The van der Waals surface area contributed by atoms with Gasteiger partial charge in [-0.15, -0.1) is 0 Å². The molecule has 0 radical (unpaired) electrons. The Balaban J connectivity index is -0.000000125. The highest BCUT2D eigenvalue weighted by molar-refractivity contribution is 4.76. The van der Waals surface area contributed by atoms with E-state index in [0.29, 0.717) is 18.1 Å². The SMILES string of the molecule is CC.CC.CC.CC.CC.CC.CC.CC.CC.CC(C)C1CCCC1.CC(C)C1CCCCC1.CC(C)C1CCCCN1.CC(C)C1CCCCO1.CC(C)C1CCCNC1.CC(C)C1CCCO1.CC(C)C1CCCOC1.CC(C)C1CCNCC1.CC(C)C1CCOCC1. The van der Waals surface area contributed by atoms with Gasteiger partial charge in [0.2, 0.25) is 0 Å². The van der Waals surface area contributed by atoms with E-state index in [4.69, 9.17) is 18.9 Å². The Bertz CT molecular complexity index is 1020. The largest absolute Gasteiger partial charge is 0.381 e. The molecule has 2 saturated carbocycles. The molecule has 0 spiro atoms. The van der Waals surface area contributed by atoms with E-state index in [0.717, 1.165) is 129 Å². The molecule has 5 unspecified atom stereocenters. The summed E-state index contributed by atoms with van der Waals surface area (Å²) in [4.78, 5) is 0. The van der Waals surface area contributed by atoms with Crippen molar-refractivity contribution in [3.8, 4) is 0 Å². The molecule has 9 fully saturated rings. The molecule has 9 rings (SSSR count). The van der Waals surface area contributed by atoms with Gasteiger partial charge in [0, 0.05) is 45.7 Å². The van der Waals surface area contributed by atoms with Crippen molar-refractivity contribution >= 4 is 0 Å². The van der Waals surface area contributed by atoms with Crippen molar-refractivity contribution in [2.45, 2.75) is 428 Å². The zero-order valence-corrected chi connectivity index (χ0v) is 75.0. The van der Waals surface area contributed by atoms with Crippen LogP contribution >= 0.6 is 0 Å². The van der Waals surface area contributed by atoms with Gasteiger partial charge in [-0.05, 0) is 218 Å². The molecule has 3 N–H and O–H groups in total. The first-order valence-corrected chi connectivity index (χ1v) is 44.3. The minimum atomic E-state index is 0.554. The van der Waals surface area contributed by atoms with Gasteiger partial charge in [-0.25, -0.2) is 0 Å². The first kappa shape index (κ1) is 115. The van der Waals surface area contributed by atoms with Crippen LogP contribution in [-0.4, -0.2) is 90.6 Å². The van der Waals surface area contributed by atoms with Crippen molar-refractivity contribution in [1.29, 1.82) is 0 Å². The van der Waals surface area contributed by atoms with E-state index >= 15 is 0 Å². The Morgan fingerprint density at radius 1 is 0.227 bits per heavy atom. The van der Waals surface area contributed by atoms with Crippen molar-refractivity contribution in [1.82, 2.24) is 16.0 Å². The number of piperidine rings is 3. The topological polar surface area (TPSA) is 73.0 Å². The molecule has 0 aromatic heterocycles. The highest BCUT2D eigenvalue weighted by atomic mass is 16.5. The molecule has 9 aliphatic rings. The van der Waals surface area contributed by atoms with E-state index in [2.05, 4.69) is 141 Å². The molecule has 7 aliphatic heterocycles. The van der Waals surface area contributed by atoms with Gasteiger partial charge in [-0.3, -0.25) is 0 Å². The molecule has 2 aliphatic carbocycles. The van der Waals surface area contributed by atoms with Gasteiger partial charge in [-0.1, -0.05) is 313 Å². The van der Waals surface area contributed by atoms with E-state index in [1.807, 2.05) is 125 Å². The first-order valence-electron chi connectivity index (χ1n) is 44.3. The van der Waals surface area contributed by atoms with Crippen LogP contribution in [0.1, 0.15) is 410 Å². The standard InChI is InChI=1S/C9H18.3C8H17N.3C8H16O.C8H16.C7H14O.9C2H6/c1-8(2)9-6-4-3-5-7-9;1-7(2)8-3-5-9-6-4-8;1-7(2)8-4-3-5-9-6-8;1-7(2)8-5-3-4-6-9-8;1-7(2)8-3-5-9-6-4-8;1-7(2)8-4-3-5-9-6-8;1-7(2)8-5-3-4-6-9-8;1-7(2)8-5-3-4-6-8;1-6(2)7-4-3-5-8-7;9*1-2/h8-9H,3-7H2,1-2H3;3*7-9H,3-6H2,1-2H3;3*7-8H,3-6H2,1-2H3;7-8H,3-6H2,1-2H3;6-7H,3-5H2,1-2H3;9*1-2H3. The van der Waals surface area contributed by atoms with E-state index < -0.39 is 0 Å². The van der Waals surface area contributed by atoms with Crippen LogP contribution < -0.4 is 16.0 Å². The van der Waals surface area contributed by atoms with Crippen molar-refractivity contribution in [2.24, 2.45) is 88.8 Å². The summed E-state index contributed by atoms with van der Waals surface area (Å²) in [7, 11) is 0. The molecule has 97 heavy (non-hydrogen) atoms. The normalized spacial score (nSPS) is 22.1. The van der Waals surface area contributed by atoms with Crippen LogP contribution in [0.4, 0.5) is 0 Å². The second-order valence-electron chi connectivity index (χ2n) is 29.3. The van der Waals surface area contributed by atoms with Crippen LogP contribution in [0.15, 0.2) is 0 Å². The molecule has 0 bridgehead atoms. The van der Waals surface area contributed by atoms with Crippen molar-refractivity contribution < 1.29 is 18.9 Å². The number of ether oxygens (including phenoxy) is 4. The average molecular weight is 1390 g/mol. The lowest BCUT2D eigenvalue weighted by molar-refractivity contribution is -0.0115. The third-order valence-corrected chi connectivity index (χ3v) is 19.7. The summed E-state index contributed by atoms with van der Waals surface area (Å²) in [5.74, 6) is 13.4.